The topological polar surface area (TPSA) is 38.2 Å². The molecule has 15 heavy (non-hydrogen) atoms. The lowest BCUT2D eigenvalue weighted by molar-refractivity contribution is 0.379. The van der Waals surface area contributed by atoms with Crippen LogP contribution >= 0.6 is 20.7 Å². The van der Waals surface area contributed by atoms with Crippen molar-refractivity contribution in [2.24, 2.45) is 0 Å². The first kappa shape index (κ1) is 12.4. The lowest BCUT2D eigenvalue weighted by Crippen LogP contribution is -2.14. The summed E-state index contributed by atoms with van der Waals surface area (Å²) in [6.07, 6.45) is 5.98. The Balaban J connectivity index is 3.28. The van der Waals surface area contributed by atoms with Crippen LogP contribution in [0.25, 0.3) is 0 Å². The van der Waals surface area contributed by atoms with Gasteiger partial charge in [0.25, 0.3) is 0 Å². The van der Waals surface area contributed by atoms with E-state index < -0.39 is 9.06 Å². The van der Waals surface area contributed by atoms with Gasteiger partial charge in [-0.2, -0.15) is 14.0 Å². The van der Waals surface area contributed by atoms with Gasteiger partial charge in [-0.25, -0.2) is 4.98 Å². The molecule has 0 radical (unpaired) electrons. The first-order valence-electron chi connectivity index (χ1n) is 4.40. The molecule has 1 heterocycles. The summed E-state index contributed by atoms with van der Waals surface area (Å²) in [6, 6.07) is 0.388. The third-order valence-corrected chi connectivity index (χ3v) is 3.81. The number of ether oxygens (including phenoxy) is 1. The van der Waals surface area contributed by atoms with Crippen LogP contribution in [0.15, 0.2) is 11.1 Å². The zero-order valence-corrected chi connectivity index (χ0v) is 11.4. The molecule has 6 heteroatoms. The fourth-order valence-corrected chi connectivity index (χ4v) is 2.49. The molecule has 4 nitrogen and oxygen atoms in total. The highest BCUT2D eigenvalue weighted by Gasteiger charge is 2.18. The van der Waals surface area contributed by atoms with E-state index in [0.29, 0.717) is 6.01 Å². The van der Waals surface area contributed by atoms with Crippen molar-refractivity contribution < 1.29 is 4.74 Å². The Labute approximate surface area is 97.2 Å². The third kappa shape index (κ3) is 2.92. The summed E-state index contributed by atoms with van der Waals surface area (Å²) in [4.78, 5) is 11.5. The van der Waals surface area contributed by atoms with Crippen LogP contribution < -0.4 is 9.64 Å². The van der Waals surface area contributed by atoms with Gasteiger partial charge in [-0.05, 0) is 12.5 Å². The Kier molecular flexibility index (Phi) is 3.72. The molecule has 0 spiro atoms. The highest BCUT2D eigenvalue weighted by atomic mass is 33.1. The lowest BCUT2D eigenvalue weighted by atomic mass is 10.5. The monoisotopic (exact) mass is 247 g/mol. The van der Waals surface area contributed by atoms with Gasteiger partial charge < -0.3 is 9.64 Å². The number of nitrogens with zero attached hydrogens (tertiary/aromatic N) is 3. The minimum atomic E-state index is -1.13. The van der Waals surface area contributed by atoms with Crippen molar-refractivity contribution in [2.75, 3.05) is 38.6 Å². The molecule has 0 unspecified atom stereocenters. The summed E-state index contributed by atoms with van der Waals surface area (Å²) in [5.41, 5.74) is 0. The second kappa shape index (κ2) is 4.49. The second-order valence-electron chi connectivity index (χ2n) is 3.71. The summed E-state index contributed by atoms with van der Waals surface area (Å²) in [6.45, 7) is 0. The molecule has 86 valence electrons. The van der Waals surface area contributed by atoms with Crippen LogP contribution in [0.4, 0.5) is 5.82 Å². The highest BCUT2D eigenvalue weighted by Crippen LogP contribution is 2.56. The van der Waals surface area contributed by atoms with E-state index >= 15 is 0 Å². The zero-order chi connectivity index (χ0) is 11.6. The van der Waals surface area contributed by atoms with Gasteiger partial charge >= 0.3 is 6.01 Å². The first-order chi connectivity index (χ1) is 6.86. The Bertz CT molecular complexity index is 350. The molecule has 0 N–H and O–H groups in total. The van der Waals surface area contributed by atoms with Gasteiger partial charge in [-0.1, -0.05) is 0 Å². The summed E-state index contributed by atoms with van der Waals surface area (Å²) in [5.74, 6) is 0.872. The molecule has 0 atom stereocenters. The molecule has 0 saturated carbocycles. The lowest BCUT2D eigenvalue weighted by Gasteiger charge is -2.28. The summed E-state index contributed by atoms with van der Waals surface area (Å²) >= 11 is 4.61. The molecule has 0 aromatic carbocycles. The smallest absolute Gasteiger partial charge is 0.318 e. The molecular weight excluding hydrogens is 230 g/mol. The van der Waals surface area contributed by atoms with Gasteiger partial charge in [-0.3, -0.25) is 0 Å². The molecule has 0 amide bonds. The predicted octanol–water partition coefficient (Wildman–Crippen LogP) is 1.82. The predicted molar refractivity (Wildman–Crippen MR) is 69.6 cm³/mol. The molecule has 0 saturated heterocycles. The number of aromatic nitrogens is 2. The molecule has 0 aliphatic heterocycles. The SMILES string of the molecule is COc1ncc(S(C)(C)S)c(N(C)C)n1. The number of hydrogen-bond acceptors (Lipinski definition) is 5. The van der Waals surface area contributed by atoms with Crippen LogP contribution in [0.1, 0.15) is 0 Å². The second-order valence-corrected chi connectivity index (χ2v) is 9.44. The first-order valence-corrected chi connectivity index (χ1v) is 7.90. The molecule has 0 fully saturated rings. The number of rotatable bonds is 3. The molecule has 1 aromatic rings. The van der Waals surface area contributed by atoms with Crippen molar-refractivity contribution in [3.8, 4) is 6.01 Å². The molecule has 0 aliphatic rings. The number of hydrogen-bond donors (Lipinski definition) is 1. The van der Waals surface area contributed by atoms with E-state index in [9.17, 15) is 0 Å². The average molecular weight is 247 g/mol. The Morgan fingerprint density at radius 3 is 2.40 bits per heavy atom. The van der Waals surface area contributed by atoms with E-state index in [1.165, 1.54) is 0 Å². The van der Waals surface area contributed by atoms with Crippen LogP contribution in [0.5, 0.6) is 6.01 Å². The van der Waals surface area contributed by atoms with E-state index in [1.54, 1.807) is 13.3 Å². The van der Waals surface area contributed by atoms with Crippen LogP contribution in [-0.4, -0.2) is 43.7 Å². The minimum absolute atomic E-state index is 0.388. The minimum Gasteiger partial charge on any atom is -0.467 e. The highest BCUT2D eigenvalue weighted by molar-refractivity contribution is 8.87. The quantitative estimate of drug-likeness (QED) is 0.653. The Morgan fingerprint density at radius 2 is 2.00 bits per heavy atom. The molecule has 1 rings (SSSR count). The maximum Gasteiger partial charge on any atom is 0.318 e. The Morgan fingerprint density at radius 1 is 1.40 bits per heavy atom. The van der Waals surface area contributed by atoms with Crippen molar-refractivity contribution in [3.05, 3.63) is 6.20 Å². The van der Waals surface area contributed by atoms with Gasteiger partial charge in [0.1, 0.15) is 5.82 Å². The maximum absolute atomic E-state index is 5.01. The number of methoxy groups -OCH3 is 1. The van der Waals surface area contributed by atoms with Crippen molar-refractivity contribution >= 4 is 26.5 Å². The van der Waals surface area contributed by atoms with E-state index in [1.807, 2.05) is 19.0 Å². The molecule has 0 aliphatic carbocycles. The Hall–Kier alpha value is -0.620. The van der Waals surface area contributed by atoms with Crippen LogP contribution in [0.2, 0.25) is 0 Å². The van der Waals surface area contributed by atoms with E-state index in [-0.39, 0.29) is 0 Å². The molecular formula is C9H17N3OS2. The maximum atomic E-state index is 5.01. The number of anilines is 1. The largest absolute Gasteiger partial charge is 0.467 e. The van der Waals surface area contributed by atoms with Gasteiger partial charge in [0, 0.05) is 20.3 Å². The average Bonchev–Trinajstić information content (AvgIpc) is 2.15. The van der Waals surface area contributed by atoms with Crippen LogP contribution in [0, 0.1) is 0 Å². The summed E-state index contributed by atoms with van der Waals surface area (Å²) in [5, 5.41) is 0. The van der Waals surface area contributed by atoms with Gasteiger partial charge in [0.15, 0.2) is 0 Å². The van der Waals surface area contributed by atoms with Gasteiger partial charge in [0.05, 0.1) is 12.0 Å². The molecule has 0 bridgehead atoms. The van der Waals surface area contributed by atoms with Gasteiger partial charge in [-0.15, -0.1) is 11.7 Å². The van der Waals surface area contributed by atoms with Crippen molar-refractivity contribution in [2.45, 2.75) is 4.90 Å². The molecule has 1 aromatic heterocycles. The van der Waals surface area contributed by atoms with Gasteiger partial charge in [0.2, 0.25) is 0 Å². The third-order valence-electron chi connectivity index (χ3n) is 1.86. The van der Waals surface area contributed by atoms with Crippen molar-refractivity contribution in [3.63, 3.8) is 0 Å². The summed E-state index contributed by atoms with van der Waals surface area (Å²) in [7, 11) is 4.33. The number of thiol groups is 1. The van der Waals surface area contributed by atoms with E-state index in [2.05, 4.69) is 34.1 Å². The van der Waals surface area contributed by atoms with Crippen molar-refractivity contribution in [1.82, 2.24) is 9.97 Å². The zero-order valence-electron chi connectivity index (χ0n) is 9.68. The van der Waals surface area contributed by atoms with Crippen molar-refractivity contribution in [1.29, 1.82) is 0 Å². The fourth-order valence-electron chi connectivity index (χ4n) is 1.12. The normalized spacial score (nSPS) is 12.4. The summed E-state index contributed by atoms with van der Waals surface area (Å²) < 4.78 is 5.01. The van der Waals surface area contributed by atoms with E-state index in [0.717, 1.165) is 10.7 Å². The van der Waals surface area contributed by atoms with E-state index in [4.69, 9.17) is 4.74 Å². The van der Waals surface area contributed by atoms with Crippen LogP contribution in [0.3, 0.4) is 0 Å². The standard InChI is InChI=1S/C9H17N3OS2/c1-12(2)8-7(15(4,5)14)6-10-9(11-8)13-3/h6,14H,1-5H3. The van der Waals surface area contributed by atoms with Crippen LogP contribution in [-0.2, 0) is 0 Å². The fraction of sp³-hybridized carbons (Fsp3) is 0.556.